The van der Waals surface area contributed by atoms with Gasteiger partial charge in [-0.2, -0.15) is 0 Å². The van der Waals surface area contributed by atoms with Crippen molar-refractivity contribution in [3.05, 3.63) is 47.9 Å². The number of nitrogens with zero attached hydrogens (tertiary/aromatic N) is 4. The molecule has 2 aromatic heterocycles. The standard InChI is InChI=1S/C16H18N6O.2ClH/c1-11-15(16(23)19-10-9-17-2)20-21-22(11)14-7-3-6-13-12(14)5-4-8-18-13;;/h3-8,17H,9-10H2,1-2H3,(H,19,23);2*1H. The SMILES string of the molecule is CNCCNC(=O)c1nnn(-c2cccc3ncccc23)c1C.Cl.Cl. The van der Waals surface area contributed by atoms with E-state index in [4.69, 9.17) is 0 Å². The summed E-state index contributed by atoms with van der Waals surface area (Å²) in [6.07, 6.45) is 1.75. The normalized spacial score (nSPS) is 10.0. The van der Waals surface area contributed by atoms with Crippen LogP contribution in [0.25, 0.3) is 16.6 Å². The third kappa shape index (κ3) is 4.25. The molecule has 25 heavy (non-hydrogen) atoms. The van der Waals surface area contributed by atoms with Gasteiger partial charge in [-0.25, -0.2) is 4.68 Å². The summed E-state index contributed by atoms with van der Waals surface area (Å²) >= 11 is 0. The summed E-state index contributed by atoms with van der Waals surface area (Å²) in [7, 11) is 1.84. The number of carbonyl (C=O) groups is 1. The van der Waals surface area contributed by atoms with Gasteiger partial charge in [0.1, 0.15) is 0 Å². The molecule has 0 fully saturated rings. The number of carbonyl (C=O) groups excluding carboxylic acids is 1. The van der Waals surface area contributed by atoms with E-state index >= 15 is 0 Å². The molecule has 0 radical (unpaired) electrons. The lowest BCUT2D eigenvalue weighted by Gasteiger charge is -2.07. The van der Waals surface area contributed by atoms with Gasteiger partial charge in [-0.1, -0.05) is 11.3 Å². The highest BCUT2D eigenvalue weighted by Gasteiger charge is 2.17. The highest BCUT2D eigenvalue weighted by molar-refractivity contribution is 5.94. The van der Waals surface area contributed by atoms with Crippen molar-refractivity contribution in [2.45, 2.75) is 6.92 Å². The molecule has 0 atom stereocenters. The Labute approximate surface area is 158 Å². The largest absolute Gasteiger partial charge is 0.349 e. The van der Waals surface area contributed by atoms with Crippen LogP contribution in [0.3, 0.4) is 0 Å². The first-order chi connectivity index (χ1) is 11.2. The van der Waals surface area contributed by atoms with Gasteiger partial charge in [0, 0.05) is 24.7 Å². The van der Waals surface area contributed by atoms with Crippen LogP contribution in [0.15, 0.2) is 36.5 Å². The number of fused-ring (bicyclic) bond motifs is 1. The Bertz CT molecular complexity index is 846. The van der Waals surface area contributed by atoms with Crippen molar-refractivity contribution in [1.82, 2.24) is 30.6 Å². The van der Waals surface area contributed by atoms with Crippen molar-refractivity contribution >= 4 is 41.6 Å². The molecule has 0 spiro atoms. The summed E-state index contributed by atoms with van der Waals surface area (Å²) in [6, 6.07) is 9.65. The van der Waals surface area contributed by atoms with Crippen molar-refractivity contribution in [2.75, 3.05) is 20.1 Å². The first-order valence-corrected chi connectivity index (χ1v) is 7.41. The number of halogens is 2. The highest BCUT2D eigenvalue weighted by atomic mass is 35.5. The van der Waals surface area contributed by atoms with E-state index in [1.54, 1.807) is 10.9 Å². The molecule has 7 nitrogen and oxygen atoms in total. The molecule has 0 aliphatic rings. The molecule has 2 N–H and O–H groups in total. The summed E-state index contributed by atoms with van der Waals surface area (Å²) in [5.74, 6) is -0.220. The fourth-order valence-corrected chi connectivity index (χ4v) is 2.42. The van der Waals surface area contributed by atoms with E-state index in [0.717, 1.165) is 16.6 Å². The lowest BCUT2D eigenvalue weighted by Crippen LogP contribution is -2.31. The maximum absolute atomic E-state index is 12.2. The van der Waals surface area contributed by atoms with Gasteiger partial charge in [-0.15, -0.1) is 29.9 Å². The molecule has 2 heterocycles. The highest BCUT2D eigenvalue weighted by Crippen LogP contribution is 2.21. The van der Waals surface area contributed by atoms with Crippen LogP contribution in [-0.4, -0.2) is 46.0 Å². The Balaban J connectivity index is 0.00000156. The van der Waals surface area contributed by atoms with Crippen LogP contribution in [-0.2, 0) is 0 Å². The second-order valence-corrected chi connectivity index (χ2v) is 5.14. The second kappa shape index (κ2) is 9.31. The minimum atomic E-state index is -0.220. The average molecular weight is 383 g/mol. The number of hydrogen-bond donors (Lipinski definition) is 2. The fourth-order valence-electron chi connectivity index (χ4n) is 2.42. The molecule has 0 saturated carbocycles. The number of rotatable bonds is 5. The number of benzene rings is 1. The van der Waals surface area contributed by atoms with Crippen molar-refractivity contribution in [2.24, 2.45) is 0 Å². The van der Waals surface area contributed by atoms with Crippen molar-refractivity contribution in [3.63, 3.8) is 0 Å². The maximum atomic E-state index is 12.2. The van der Waals surface area contributed by atoms with Crippen LogP contribution in [0.2, 0.25) is 0 Å². The molecule has 3 aromatic rings. The monoisotopic (exact) mass is 382 g/mol. The lowest BCUT2D eigenvalue weighted by atomic mass is 10.2. The van der Waals surface area contributed by atoms with Gasteiger partial charge in [0.15, 0.2) is 5.69 Å². The maximum Gasteiger partial charge on any atom is 0.273 e. The summed E-state index contributed by atoms with van der Waals surface area (Å²) in [6.45, 7) is 3.08. The third-order valence-electron chi connectivity index (χ3n) is 3.62. The molecule has 0 bridgehead atoms. The lowest BCUT2D eigenvalue weighted by molar-refractivity contribution is 0.0948. The van der Waals surface area contributed by atoms with Crippen molar-refractivity contribution in [3.8, 4) is 5.69 Å². The quantitative estimate of drug-likeness (QED) is 0.658. The predicted octanol–water partition coefficient (Wildman–Crippen LogP) is 1.92. The molecule has 1 amide bonds. The number of amides is 1. The topological polar surface area (TPSA) is 84.7 Å². The minimum Gasteiger partial charge on any atom is -0.349 e. The number of hydrogen-bond acceptors (Lipinski definition) is 5. The Hall–Kier alpha value is -2.22. The zero-order chi connectivity index (χ0) is 16.2. The van der Waals surface area contributed by atoms with E-state index in [9.17, 15) is 4.79 Å². The number of pyridine rings is 1. The van der Waals surface area contributed by atoms with Crippen molar-refractivity contribution < 1.29 is 4.79 Å². The molecular formula is C16H20Cl2N6O. The van der Waals surface area contributed by atoms with E-state index in [1.807, 2.05) is 44.3 Å². The second-order valence-electron chi connectivity index (χ2n) is 5.14. The molecule has 3 rings (SSSR count). The zero-order valence-corrected chi connectivity index (χ0v) is 15.5. The fraction of sp³-hybridized carbons (Fsp3) is 0.250. The van der Waals surface area contributed by atoms with E-state index in [1.165, 1.54) is 0 Å². The Kier molecular flexibility index (Phi) is 7.76. The number of aromatic nitrogens is 4. The Morgan fingerprint density at radius 3 is 2.72 bits per heavy atom. The van der Waals surface area contributed by atoms with Crippen molar-refractivity contribution in [1.29, 1.82) is 0 Å². The van der Waals surface area contributed by atoms with Gasteiger partial charge >= 0.3 is 0 Å². The van der Waals surface area contributed by atoms with E-state index in [-0.39, 0.29) is 30.7 Å². The Morgan fingerprint density at radius 2 is 1.96 bits per heavy atom. The number of nitrogens with one attached hydrogen (secondary N) is 2. The molecule has 1 aromatic carbocycles. The molecule has 0 saturated heterocycles. The van der Waals surface area contributed by atoms with Gasteiger partial charge in [0.2, 0.25) is 0 Å². The Morgan fingerprint density at radius 1 is 1.16 bits per heavy atom. The summed E-state index contributed by atoms with van der Waals surface area (Å²) < 4.78 is 1.68. The first kappa shape index (κ1) is 20.8. The van der Waals surface area contributed by atoms with Gasteiger partial charge in [0.05, 0.1) is 16.9 Å². The van der Waals surface area contributed by atoms with Crippen LogP contribution in [0.4, 0.5) is 0 Å². The van der Waals surface area contributed by atoms with Gasteiger partial charge in [-0.3, -0.25) is 9.78 Å². The van der Waals surface area contributed by atoms with Gasteiger partial charge in [-0.05, 0) is 38.2 Å². The van der Waals surface area contributed by atoms with Crippen LogP contribution < -0.4 is 10.6 Å². The van der Waals surface area contributed by atoms with E-state index < -0.39 is 0 Å². The summed E-state index contributed by atoms with van der Waals surface area (Å²) in [5, 5.41) is 14.9. The summed E-state index contributed by atoms with van der Waals surface area (Å²) in [5.41, 5.74) is 2.76. The average Bonchev–Trinajstić information content (AvgIpc) is 2.96. The van der Waals surface area contributed by atoms with E-state index in [0.29, 0.717) is 24.5 Å². The molecule has 0 unspecified atom stereocenters. The molecule has 0 aliphatic heterocycles. The smallest absolute Gasteiger partial charge is 0.273 e. The number of likely N-dealkylation sites (N-methyl/N-ethyl adjacent to an activating group) is 1. The first-order valence-electron chi connectivity index (χ1n) is 7.41. The van der Waals surface area contributed by atoms with Crippen LogP contribution in [0.5, 0.6) is 0 Å². The predicted molar refractivity (Wildman–Crippen MR) is 102 cm³/mol. The van der Waals surface area contributed by atoms with Crippen LogP contribution in [0, 0.1) is 6.92 Å². The van der Waals surface area contributed by atoms with E-state index in [2.05, 4.69) is 25.9 Å². The molecular weight excluding hydrogens is 363 g/mol. The third-order valence-corrected chi connectivity index (χ3v) is 3.62. The summed E-state index contributed by atoms with van der Waals surface area (Å²) in [4.78, 5) is 16.5. The minimum absolute atomic E-state index is 0. The van der Waals surface area contributed by atoms with Crippen LogP contribution >= 0.6 is 24.8 Å². The van der Waals surface area contributed by atoms with Crippen LogP contribution in [0.1, 0.15) is 16.2 Å². The molecule has 0 aliphatic carbocycles. The molecule has 134 valence electrons. The van der Waals surface area contributed by atoms with Gasteiger partial charge < -0.3 is 10.6 Å². The van der Waals surface area contributed by atoms with Gasteiger partial charge in [0.25, 0.3) is 5.91 Å². The molecule has 9 heteroatoms. The zero-order valence-electron chi connectivity index (χ0n) is 13.9.